The van der Waals surface area contributed by atoms with Gasteiger partial charge in [0.2, 0.25) is 0 Å². The van der Waals surface area contributed by atoms with E-state index in [-0.39, 0.29) is 5.78 Å². The minimum Gasteiger partial charge on any atom is -0.493 e. The van der Waals surface area contributed by atoms with Gasteiger partial charge in [0.05, 0.1) is 38.5 Å². The number of ketones is 1. The highest BCUT2D eigenvalue weighted by atomic mass is 35.5. The summed E-state index contributed by atoms with van der Waals surface area (Å²) in [5, 5.41) is 0.848. The summed E-state index contributed by atoms with van der Waals surface area (Å²) in [5.74, 6) is 1.96. The summed E-state index contributed by atoms with van der Waals surface area (Å²) in [5.41, 5.74) is 2.99. The fourth-order valence-corrected chi connectivity index (χ4v) is 4.22. The van der Waals surface area contributed by atoms with Crippen molar-refractivity contribution in [3.63, 3.8) is 0 Å². The molecule has 5 nitrogen and oxygen atoms in total. The molecule has 0 atom stereocenters. The first-order valence-corrected chi connectivity index (χ1v) is 10.5. The van der Waals surface area contributed by atoms with Gasteiger partial charge in [-0.05, 0) is 66.8 Å². The molecular weight excluding hydrogens is 439 g/mol. The van der Waals surface area contributed by atoms with Crippen molar-refractivity contribution in [1.29, 1.82) is 0 Å². The number of methoxy groups -OCH3 is 4. The predicted molar refractivity (Wildman–Crippen MR) is 124 cm³/mol. The van der Waals surface area contributed by atoms with Crippen LogP contribution in [-0.2, 0) is 4.79 Å². The van der Waals surface area contributed by atoms with Gasteiger partial charge in [-0.25, -0.2) is 0 Å². The summed E-state index contributed by atoms with van der Waals surface area (Å²) in [6.07, 6.45) is 5.95. The Balaban J connectivity index is 1.95. The molecule has 0 aliphatic heterocycles. The van der Waals surface area contributed by atoms with Crippen LogP contribution in [-0.4, -0.2) is 34.2 Å². The third-order valence-corrected chi connectivity index (χ3v) is 5.63. The van der Waals surface area contributed by atoms with Crippen LogP contribution in [0, 0.1) is 0 Å². The Morgan fingerprint density at radius 1 is 0.710 bits per heavy atom. The van der Waals surface area contributed by atoms with Crippen molar-refractivity contribution in [2.24, 2.45) is 0 Å². The Morgan fingerprint density at radius 2 is 1.13 bits per heavy atom. The summed E-state index contributed by atoms with van der Waals surface area (Å²) in [6, 6.07) is 7.12. The first-order chi connectivity index (χ1) is 14.9. The molecule has 0 heterocycles. The molecule has 31 heavy (non-hydrogen) atoms. The van der Waals surface area contributed by atoms with Gasteiger partial charge in [-0.15, -0.1) is 0 Å². The van der Waals surface area contributed by atoms with E-state index in [1.165, 1.54) is 14.2 Å². The van der Waals surface area contributed by atoms with E-state index in [0.29, 0.717) is 57.0 Å². The van der Waals surface area contributed by atoms with Crippen molar-refractivity contribution >= 4 is 41.1 Å². The van der Waals surface area contributed by atoms with Crippen molar-refractivity contribution in [2.75, 3.05) is 28.4 Å². The maximum Gasteiger partial charge on any atom is 0.185 e. The van der Waals surface area contributed by atoms with Crippen molar-refractivity contribution in [2.45, 2.75) is 19.3 Å². The molecule has 2 aromatic rings. The zero-order valence-electron chi connectivity index (χ0n) is 17.9. The molecule has 0 unspecified atom stereocenters. The van der Waals surface area contributed by atoms with Crippen LogP contribution in [0.3, 0.4) is 0 Å². The predicted octanol–water partition coefficient (Wildman–Crippen LogP) is 6.25. The average Bonchev–Trinajstić information content (AvgIpc) is 2.75. The number of carbonyl (C=O) groups is 1. The van der Waals surface area contributed by atoms with E-state index in [1.807, 2.05) is 12.2 Å². The van der Waals surface area contributed by atoms with E-state index < -0.39 is 0 Å². The Morgan fingerprint density at radius 3 is 1.48 bits per heavy atom. The molecule has 2 aromatic carbocycles. The smallest absolute Gasteiger partial charge is 0.185 e. The van der Waals surface area contributed by atoms with Crippen LogP contribution in [0.5, 0.6) is 23.0 Å². The second kappa shape index (κ2) is 10.1. The van der Waals surface area contributed by atoms with E-state index in [1.54, 1.807) is 38.5 Å². The van der Waals surface area contributed by atoms with Crippen LogP contribution < -0.4 is 18.9 Å². The first kappa shape index (κ1) is 23.0. The lowest BCUT2D eigenvalue weighted by Gasteiger charge is -2.18. The lowest BCUT2D eigenvalue weighted by atomic mass is 9.87. The van der Waals surface area contributed by atoms with E-state index in [2.05, 4.69) is 0 Å². The molecule has 0 N–H and O–H groups in total. The molecule has 1 aliphatic carbocycles. The molecule has 7 heteroatoms. The number of hydrogen-bond acceptors (Lipinski definition) is 5. The van der Waals surface area contributed by atoms with Gasteiger partial charge in [-0.3, -0.25) is 4.79 Å². The minimum atomic E-state index is 0.00284. The van der Waals surface area contributed by atoms with Crippen molar-refractivity contribution < 1.29 is 23.7 Å². The van der Waals surface area contributed by atoms with Crippen LogP contribution in [0.4, 0.5) is 0 Å². The summed E-state index contributed by atoms with van der Waals surface area (Å²) >= 11 is 12.6. The Labute approximate surface area is 192 Å². The number of Topliss-reactive ketones (excluding diaryl/α,β-unsaturated/α-hetero) is 1. The van der Waals surface area contributed by atoms with Gasteiger partial charge in [0.1, 0.15) is 0 Å². The Kier molecular flexibility index (Phi) is 7.52. The number of hydrogen-bond donors (Lipinski definition) is 0. The van der Waals surface area contributed by atoms with Gasteiger partial charge in [-0.2, -0.15) is 0 Å². The Hall–Kier alpha value is -2.63. The van der Waals surface area contributed by atoms with Gasteiger partial charge in [0.15, 0.2) is 28.8 Å². The summed E-state index contributed by atoms with van der Waals surface area (Å²) in [7, 11) is 6.16. The number of rotatable bonds is 6. The largest absolute Gasteiger partial charge is 0.493 e. The summed E-state index contributed by atoms with van der Waals surface area (Å²) in [4.78, 5) is 13.1. The number of halogens is 2. The molecule has 1 aliphatic rings. The molecule has 0 bridgehead atoms. The van der Waals surface area contributed by atoms with Crippen LogP contribution in [0.1, 0.15) is 30.4 Å². The number of ether oxygens (including phenoxy) is 4. The van der Waals surface area contributed by atoms with Crippen LogP contribution in [0.15, 0.2) is 35.4 Å². The second-order valence-electron chi connectivity index (χ2n) is 7.00. The quantitative estimate of drug-likeness (QED) is 0.474. The van der Waals surface area contributed by atoms with Crippen molar-refractivity contribution in [1.82, 2.24) is 0 Å². The minimum absolute atomic E-state index is 0.00284. The van der Waals surface area contributed by atoms with Crippen LogP contribution in [0.25, 0.3) is 12.2 Å². The molecule has 1 fully saturated rings. The molecule has 0 saturated heterocycles. The average molecular weight is 463 g/mol. The Bertz CT molecular complexity index is 975. The zero-order chi connectivity index (χ0) is 22.5. The number of allylic oxidation sites excluding steroid dienone is 2. The standard InChI is InChI=1S/C24H24Cl2O5/c1-28-20-12-14(10-18(25)23(20)30-3)8-16-6-5-7-17(22(16)27)9-15-11-19(26)24(31-4)21(13-15)29-2/h8-13H,5-7H2,1-4H3/b16-8-,17-9+. The molecular formula is C24H24Cl2O5. The van der Waals surface area contributed by atoms with Crippen LogP contribution in [0.2, 0.25) is 10.0 Å². The van der Waals surface area contributed by atoms with E-state index in [4.69, 9.17) is 42.1 Å². The molecule has 0 spiro atoms. The maximum absolute atomic E-state index is 13.1. The van der Waals surface area contributed by atoms with E-state index in [0.717, 1.165) is 17.5 Å². The maximum atomic E-state index is 13.1. The highest BCUT2D eigenvalue weighted by molar-refractivity contribution is 6.33. The molecule has 3 rings (SSSR count). The zero-order valence-corrected chi connectivity index (χ0v) is 19.4. The van der Waals surface area contributed by atoms with Crippen molar-refractivity contribution in [3.8, 4) is 23.0 Å². The molecule has 0 amide bonds. The van der Waals surface area contributed by atoms with Crippen LogP contribution >= 0.6 is 23.2 Å². The molecule has 0 radical (unpaired) electrons. The summed E-state index contributed by atoms with van der Waals surface area (Å²) < 4.78 is 21.3. The third kappa shape index (κ3) is 5.00. The highest BCUT2D eigenvalue weighted by Crippen LogP contribution is 2.39. The second-order valence-corrected chi connectivity index (χ2v) is 7.81. The van der Waals surface area contributed by atoms with Gasteiger partial charge < -0.3 is 18.9 Å². The van der Waals surface area contributed by atoms with Gasteiger partial charge in [0, 0.05) is 11.1 Å². The first-order valence-electron chi connectivity index (χ1n) is 9.70. The topological polar surface area (TPSA) is 54.0 Å². The molecule has 164 valence electrons. The lowest BCUT2D eigenvalue weighted by Crippen LogP contribution is -2.12. The monoisotopic (exact) mass is 462 g/mol. The van der Waals surface area contributed by atoms with Crippen molar-refractivity contribution in [3.05, 3.63) is 56.6 Å². The third-order valence-electron chi connectivity index (χ3n) is 5.07. The number of carbonyl (C=O) groups excluding carboxylic acids is 1. The van der Waals surface area contributed by atoms with E-state index in [9.17, 15) is 4.79 Å². The fourth-order valence-electron chi connectivity index (χ4n) is 3.62. The highest BCUT2D eigenvalue weighted by Gasteiger charge is 2.22. The fraction of sp³-hybridized carbons (Fsp3) is 0.292. The lowest BCUT2D eigenvalue weighted by molar-refractivity contribution is -0.112. The normalized spacial score (nSPS) is 16.5. The van der Waals surface area contributed by atoms with Gasteiger partial charge in [-0.1, -0.05) is 23.2 Å². The number of benzene rings is 2. The van der Waals surface area contributed by atoms with Gasteiger partial charge in [0.25, 0.3) is 0 Å². The van der Waals surface area contributed by atoms with E-state index >= 15 is 0 Å². The molecule has 0 aromatic heterocycles. The molecule has 1 saturated carbocycles. The summed E-state index contributed by atoms with van der Waals surface area (Å²) in [6.45, 7) is 0. The van der Waals surface area contributed by atoms with Gasteiger partial charge >= 0.3 is 0 Å². The SMILES string of the molecule is COc1cc(/C=C2/CCC/C(=C\c3cc(Cl)c(OC)c(OC)c3)C2=O)cc(Cl)c1OC.